The van der Waals surface area contributed by atoms with Crippen molar-refractivity contribution in [1.82, 2.24) is 10.2 Å². The number of carbonyl (C=O) groups is 1. The second kappa shape index (κ2) is 5.50. The third-order valence-electron chi connectivity index (χ3n) is 3.12. The quantitative estimate of drug-likeness (QED) is 0.773. The van der Waals surface area contributed by atoms with E-state index in [1.807, 2.05) is 13.8 Å². The average Bonchev–Trinajstić information content (AvgIpc) is 2.59. The van der Waals surface area contributed by atoms with Crippen molar-refractivity contribution >= 4 is 5.91 Å². The molecule has 15 heavy (non-hydrogen) atoms. The molecule has 2 aliphatic heterocycles. The van der Waals surface area contributed by atoms with Crippen molar-refractivity contribution in [1.29, 1.82) is 0 Å². The van der Waals surface area contributed by atoms with E-state index in [2.05, 4.69) is 17.1 Å². The number of hydrogen-bond donors (Lipinski definition) is 1. The van der Waals surface area contributed by atoms with Gasteiger partial charge in [0, 0.05) is 19.5 Å². The topological polar surface area (TPSA) is 32.3 Å². The zero-order chi connectivity index (χ0) is 11.3. The number of nitrogens with one attached hydrogen (secondary N) is 1. The molecular formula is C12H24N2O. The fourth-order valence-electron chi connectivity index (χ4n) is 2.36. The summed E-state index contributed by atoms with van der Waals surface area (Å²) in [6, 6.07) is 0. The Bertz CT molecular complexity index is 210. The van der Waals surface area contributed by atoms with E-state index in [9.17, 15) is 4.79 Å². The fourth-order valence-corrected chi connectivity index (χ4v) is 2.36. The number of likely N-dealkylation sites (tertiary alicyclic amines) is 1. The molecule has 0 aromatic rings. The van der Waals surface area contributed by atoms with Crippen LogP contribution in [0.25, 0.3) is 0 Å². The lowest BCUT2D eigenvalue weighted by atomic mass is 9.88. The SMILES string of the molecule is CC.CCCCN1CC2(CCC(=O)N2)C1. The van der Waals surface area contributed by atoms with Crippen molar-refractivity contribution in [3.05, 3.63) is 0 Å². The van der Waals surface area contributed by atoms with Gasteiger partial charge in [0.15, 0.2) is 0 Å². The molecule has 0 aromatic carbocycles. The largest absolute Gasteiger partial charge is 0.348 e. The van der Waals surface area contributed by atoms with Crippen molar-refractivity contribution in [2.45, 2.75) is 52.0 Å². The first-order valence-electron chi connectivity index (χ1n) is 6.27. The van der Waals surface area contributed by atoms with E-state index < -0.39 is 0 Å². The van der Waals surface area contributed by atoms with Gasteiger partial charge in [0.25, 0.3) is 0 Å². The fraction of sp³-hybridized carbons (Fsp3) is 0.917. The normalized spacial score (nSPS) is 23.0. The summed E-state index contributed by atoms with van der Waals surface area (Å²) in [6.07, 6.45) is 4.33. The Balaban J connectivity index is 0.000000531. The van der Waals surface area contributed by atoms with Gasteiger partial charge in [0.1, 0.15) is 0 Å². The summed E-state index contributed by atoms with van der Waals surface area (Å²) in [7, 11) is 0. The van der Waals surface area contributed by atoms with Gasteiger partial charge in [0.2, 0.25) is 5.91 Å². The molecule has 0 aromatic heterocycles. The number of unbranched alkanes of at least 4 members (excludes halogenated alkanes) is 1. The van der Waals surface area contributed by atoms with Crippen molar-refractivity contribution in [2.24, 2.45) is 0 Å². The van der Waals surface area contributed by atoms with Gasteiger partial charge in [-0.3, -0.25) is 9.69 Å². The maximum Gasteiger partial charge on any atom is 0.220 e. The molecule has 2 fully saturated rings. The van der Waals surface area contributed by atoms with Gasteiger partial charge >= 0.3 is 0 Å². The second-order valence-corrected chi connectivity index (χ2v) is 4.39. The summed E-state index contributed by atoms with van der Waals surface area (Å²) in [6.45, 7) is 9.58. The van der Waals surface area contributed by atoms with Crippen LogP contribution in [0.4, 0.5) is 0 Å². The van der Waals surface area contributed by atoms with Gasteiger partial charge in [-0.25, -0.2) is 0 Å². The van der Waals surface area contributed by atoms with E-state index in [1.54, 1.807) is 0 Å². The predicted molar refractivity (Wildman–Crippen MR) is 62.8 cm³/mol. The molecule has 88 valence electrons. The van der Waals surface area contributed by atoms with Gasteiger partial charge < -0.3 is 5.32 Å². The average molecular weight is 212 g/mol. The molecule has 1 N–H and O–H groups in total. The molecule has 2 saturated heterocycles. The van der Waals surface area contributed by atoms with Crippen LogP contribution >= 0.6 is 0 Å². The molecule has 3 heteroatoms. The van der Waals surface area contributed by atoms with E-state index in [4.69, 9.17) is 0 Å². The molecule has 2 rings (SSSR count). The summed E-state index contributed by atoms with van der Waals surface area (Å²) >= 11 is 0. The van der Waals surface area contributed by atoms with Crippen LogP contribution in [0.3, 0.4) is 0 Å². The Kier molecular flexibility index (Phi) is 4.58. The molecule has 0 saturated carbocycles. The van der Waals surface area contributed by atoms with Crippen LogP contribution in [0.15, 0.2) is 0 Å². The highest BCUT2D eigenvalue weighted by atomic mass is 16.2. The van der Waals surface area contributed by atoms with Crippen LogP contribution in [-0.2, 0) is 4.79 Å². The third-order valence-corrected chi connectivity index (χ3v) is 3.12. The molecule has 0 radical (unpaired) electrons. The van der Waals surface area contributed by atoms with E-state index in [-0.39, 0.29) is 11.4 Å². The zero-order valence-electron chi connectivity index (χ0n) is 10.3. The van der Waals surface area contributed by atoms with Crippen LogP contribution in [-0.4, -0.2) is 36.0 Å². The highest BCUT2D eigenvalue weighted by Crippen LogP contribution is 2.30. The summed E-state index contributed by atoms with van der Waals surface area (Å²) in [5.41, 5.74) is 0.185. The minimum atomic E-state index is 0.185. The highest BCUT2D eigenvalue weighted by molar-refractivity contribution is 5.79. The summed E-state index contributed by atoms with van der Waals surface area (Å²) in [5.74, 6) is 0.246. The lowest BCUT2D eigenvalue weighted by Crippen LogP contribution is -2.67. The summed E-state index contributed by atoms with van der Waals surface area (Å²) in [4.78, 5) is 13.5. The van der Waals surface area contributed by atoms with Crippen molar-refractivity contribution in [2.75, 3.05) is 19.6 Å². The molecule has 2 heterocycles. The number of rotatable bonds is 3. The summed E-state index contributed by atoms with van der Waals surface area (Å²) < 4.78 is 0. The van der Waals surface area contributed by atoms with Gasteiger partial charge in [-0.15, -0.1) is 0 Å². The molecule has 3 nitrogen and oxygen atoms in total. The Labute approximate surface area is 93.2 Å². The van der Waals surface area contributed by atoms with Gasteiger partial charge in [-0.1, -0.05) is 27.2 Å². The zero-order valence-corrected chi connectivity index (χ0v) is 10.3. The Morgan fingerprint density at radius 1 is 1.40 bits per heavy atom. The number of hydrogen-bond acceptors (Lipinski definition) is 2. The first-order valence-corrected chi connectivity index (χ1v) is 6.27. The minimum Gasteiger partial charge on any atom is -0.348 e. The number of nitrogens with zero attached hydrogens (tertiary/aromatic N) is 1. The molecule has 0 aliphatic carbocycles. The monoisotopic (exact) mass is 212 g/mol. The predicted octanol–water partition coefficient (Wildman–Crippen LogP) is 1.78. The third kappa shape index (κ3) is 2.94. The first-order chi connectivity index (χ1) is 7.24. The molecule has 0 bridgehead atoms. The van der Waals surface area contributed by atoms with Crippen molar-refractivity contribution in [3.8, 4) is 0 Å². The highest BCUT2D eigenvalue weighted by Gasteiger charge is 2.46. The summed E-state index contributed by atoms with van der Waals surface area (Å²) in [5, 5.41) is 3.09. The van der Waals surface area contributed by atoms with Crippen LogP contribution in [0.2, 0.25) is 0 Å². The van der Waals surface area contributed by atoms with Crippen LogP contribution < -0.4 is 5.32 Å². The molecular weight excluding hydrogens is 188 g/mol. The number of amides is 1. The van der Waals surface area contributed by atoms with E-state index in [0.717, 1.165) is 25.9 Å². The van der Waals surface area contributed by atoms with Crippen molar-refractivity contribution in [3.63, 3.8) is 0 Å². The smallest absolute Gasteiger partial charge is 0.220 e. The molecule has 0 atom stereocenters. The van der Waals surface area contributed by atoms with Gasteiger partial charge in [-0.05, 0) is 19.4 Å². The second-order valence-electron chi connectivity index (χ2n) is 4.39. The van der Waals surface area contributed by atoms with Crippen LogP contribution in [0, 0.1) is 0 Å². The van der Waals surface area contributed by atoms with Crippen molar-refractivity contribution < 1.29 is 4.79 Å². The lowest BCUT2D eigenvalue weighted by Gasteiger charge is -2.48. The van der Waals surface area contributed by atoms with E-state index in [1.165, 1.54) is 19.4 Å². The molecule has 1 amide bonds. The maximum atomic E-state index is 11.0. The number of carbonyl (C=O) groups excluding carboxylic acids is 1. The van der Waals surface area contributed by atoms with E-state index in [0.29, 0.717) is 0 Å². The first kappa shape index (κ1) is 12.5. The lowest BCUT2D eigenvalue weighted by molar-refractivity contribution is -0.120. The van der Waals surface area contributed by atoms with E-state index >= 15 is 0 Å². The molecule has 1 spiro atoms. The maximum absolute atomic E-state index is 11.0. The van der Waals surface area contributed by atoms with Gasteiger partial charge in [-0.2, -0.15) is 0 Å². The Morgan fingerprint density at radius 3 is 2.53 bits per heavy atom. The standard InChI is InChI=1S/C10H18N2O.C2H6/c1-2-3-6-12-7-10(8-12)5-4-9(13)11-10;1-2/h2-8H2,1H3,(H,11,13);1-2H3. The minimum absolute atomic E-state index is 0.185. The Hall–Kier alpha value is -0.570. The Morgan fingerprint density at radius 2 is 2.07 bits per heavy atom. The van der Waals surface area contributed by atoms with Crippen LogP contribution in [0.5, 0.6) is 0 Å². The molecule has 0 unspecified atom stereocenters. The van der Waals surface area contributed by atoms with Crippen LogP contribution in [0.1, 0.15) is 46.5 Å². The van der Waals surface area contributed by atoms with Gasteiger partial charge in [0.05, 0.1) is 5.54 Å². The molecule has 2 aliphatic rings.